The van der Waals surface area contributed by atoms with Crippen LogP contribution < -0.4 is 0 Å². The van der Waals surface area contributed by atoms with Gasteiger partial charge in [0.15, 0.2) is 0 Å². The number of hydrogen-bond donors (Lipinski definition) is 0. The number of likely N-dealkylation sites (tertiary alicyclic amines) is 1. The number of rotatable bonds is 2. The minimum atomic E-state index is -0.391. The number of alkyl halides is 1. The fourth-order valence-electron chi connectivity index (χ4n) is 2.11. The number of halogens is 3. The third-order valence-corrected chi connectivity index (χ3v) is 4.13. The van der Waals surface area contributed by atoms with Crippen molar-refractivity contribution in [1.82, 2.24) is 4.90 Å². The summed E-state index contributed by atoms with van der Waals surface area (Å²) in [4.78, 5) is 14.1. The minimum Gasteiger partial charge on any atom is -0.335 e. The first kappa shape index (κ1) is 13.0. The molecule has 1 aromatic rings. The van der Waals surface area contributed by atoms with Crippen LogP contribution in [-0.4, -0.2) is 28.7 Å². The Hall–Kier alpha value is -0.420. The lowest BCUT2D eigenvalue weighted by Crippen LogP contribution is -2.36. The van der Waals surface area contributed by atoms with E-state index in [1.165, 1.54) is 12.1 Å². The Morgan fingerprint density at radius 3 is 2.88 bits per heavy atom. The third-order valence-electron chi connectivity index (χ3n) is 2.93. The normalized spacial score (nSPS) is 19.7. The Bertz CT molecular complexity index is 418. The van der Waals surface area contributed by atoms with Crippen LogP contribution in [0, 0.1) is 5.82 Å². The molecule has 0 saturated carbocycles. The average molecular weight is 365 g/mol. The van der Waals surface area contributed by atoms with Gasteiger partial charge in [-0.15, -0.1) is 0 Å². The van der Waals surface area contributed by atoms with E-state index in [9.17, 15) is 9.18 Å². The maximum atomic E-state index is 13.2. The van der Waals surface area contributed by atoms with Crippen LogP contribution in [0.5, 0.6) is 0 Å². The predicted molar refractivity (Wildman–Crippen MR) is 72.0 cm³/mol. The van der Waals surface area contributed by atoms with Gasteiger partial charge >= 0.3 is 0 Å². The molecule has 1 amide bonds. The van der Waals surface area contributed by atoms with Gasteiger partial charge in [0.1, 0.15) is 5.82 Å². The number of carbonyl (C=O) groups is 1. The Morgan fingerprint density at radius 1 is 1.47 bits per heavy atom. The smallest absolute Gasteiger partial charge is 0.254 e. The Kier molecular flexibility index (Phi) is 4.20. The quantitative estimate of drug-likeness (QED) is 0.734. The fourth-order valence-corrected chi connectivity index (χ4v) is 3.25. The number of amides is 1. The van der Waals surface area contributed by atoms with E-state index in [2.05, 4.69) is 31.9 Å². The number of nitrogens with zero attached hydrogens (tertiary/aromatic N) is 1. The highest BCUT2D eigenvalue weighted by molar-refractivity contribution is 9.10. The van der Waals surface area contributed by atoms with Gasteiger partial charge in [-0.2, -0.15) is 0 Å². The second-order valence-corrected chi connectivity index (χ2v) is 5.67. The molecule has 1 aromatic carbocycles. The Morgan fingerprint density at radius 2 is 2.24 bits per heavy atom. The second-order valence-electron chi connectivity index (χ2n) is 4.11. The third kappa shape index (κ3) is 2.88. The summed E-state index contributed by atoms with van der Waals surface area (Å²) in [6, 6.07) is 4.53. The summed E-state index contributed by atoms with van der Waals surface area (Å²) in [6.45, 7) is 0.753. The summed E-state index contributed by atoms with van der Waals surface area (Å²) < 4.78 is 13.8. The zero-order valence-electron chi connectivity index (χ0n) is 9.13. The standard InChI is InChI=1S/C12H12Br2FNO/c13-7-11-2-1-3-16(11)12(17)8-4-9(14)6-10(15)5-8/h4-6,11H,1-3,7H2. The molecule has 0 aromatic heterocycles. The van der Waals surface area contributed by atoms with Crippen LogP contribution in [0.3, 0.4) is 0 Å². The number of carbonyl (C=O) groups excluding carboxylic acids is 1. The fraction of sp³-hybridized carbons (Fsp3) is 0.417. The van der Waals surface area contributed by atoms with Gasteiger partial charge in [0.25, 0.3) is 5.91 Å². The zero-order valence-corrected chi connectivity index (χ0v) is 12.3. The summed E-state index contributed by atoms with van der Waals surface area (Å²) in [6.07, 6.45) is 2.02. The van der Waals surface area contributed by atoms with E-state index < -0.39 is 5.82 Å². The molecule has 1 unspecified atom stereocenters. The molecule has 1 heterocycles. The lowest BCUT2D eigenvalue weighted by molar-refractivity contribution is 0.0750. The van der Waals surface area contributed by atoms with Gasteiger partial charge in [-0.1, -0.05) is 31.9 Å². The highest BCUT2D eigenvalue weighted by atomic mass is 79.9. The van der Waals surface area contributed by atoms with Crippen LogP contribution in [0.15, 0.2) is 22.7 Å². The van der Waals surface area contributed by atoms with Crippen LogP contribution in [0.4, 0.5) is 4.39 Å². The van der Waals surface area contributed by atoms with E-state index in [-0.39, 0.29) is 11.9 Å². The molecule has 92 valence electrons. The van der Waals surface area contributed by atoms with Crippen LogP contribution in [0.25, 0.3) is 0 Å². The van der Waals surface area contributed by atoms with Crippen LogP contribution in [0.1, 0.15) is 23.2 Å². The van der Waals surface area contributed by atoms with Crippen molar-refractivity contribution >= 4 is 37.8 Å². The van der Waals surface area contributed by atoms with Crippen molar-refractivity contribution in [1.29, 1.82) is 0 Å². The lowest BCUT2D eigenvalue weighted by Gasteiger charge is -2.23. The molecule has 1 aliphatic rings. The molecule has 0 N–H and O–H groups in total. The van der Waals surface area contributed by atoms with Crippen molar-refractivity contribution in [2.75, 3.05) is 11.9 Å². The number of hydrogen-bond acceptors (Lipinski definition) is 1. The molecular formula is C12H12Br2FNO. The van der Waals surface area contributed by atoms with Crippen molar-refractivity contribution in [2.24, 2.45) is 0 Å². The molecule has 1 saturated heterocycles. The van der Waals surface area contributed by atoms with Crippen molar-refractivity contribution in [3.63, 3.8) is 0 Å². The largest absolute Gasteiger partial charge is 0.335 e. The van der Waals surface area contributed by atoms with E-state index in [0.717, 1.165) is 24.7 Å². The van der Waals surface area contributed by atoms with Gasteiger partial charge in [0, 0.05) is 28.0 Å². The van der Waals surface area contributed by atoms with Crippen molar-refractivity contribution in [3.05, 3.63) is 34.1 Å². The van der Waals surface area contributed by atoms with Gasteiger partial charge < -0.3 is 4.90 Å². The van der Waals surface area contributed by atoms with Crippen molar-refractivity contribution in [3.8, 4) is 0 Å². The molecule has 1 fully saturated rings. The Labute approximate surface area is 116 Å². The molecule has 0 spiro atoms. The minimum absolute atomic E-state index is 0.0906. The highest BCUT2D eigenvalue weighted by Gasteiger charge is 2.28. The van der Waals surface area contributed by atoms with Gasteiger partial charge in [-0.05, 0) is 31.0 Å². The van der Waals surface area contributed by atoms with Crippen LogP contribution >= 0.6 is 31.9 Å². The SMILES string of the molecule is O=C(c1cc(F)cc(Br)c1)N1CCCC1CBr. The van der Waals surface area contributed by atoms with Crippen molar-refractivity contribution < 1.29 is 9.18 Å². The molecule has 0 radical (unpaired) electrons. The first-order valence-electron chi connectivity index (χ1n) is 5.45. The van der Waals surface area contributed by atoms with E-state index in [4.69, 9.17) is 0 Å². The first-order chi connectivity index (χ1) is 8.11. The highest BCUT2D eigenvalue weighted by Crippen LogP contribution is 2.23. The van der Waals surface area contributed by atoms with Crippen LogP contribution in [0.2, 0.25) is 0 Å². The van der Waals surface area contributed by atoms with Gasteiger partial charge in [-0.3, -0.25) is 4.79 Å². The topological polar surface area (TPSA) is 20.3 Å². The molecule has 0 aliphatic carbocycles. The van der Waals surface area contributed by atoms with Gasteiger partial charge in [-0.25, -0.2) is 4.39 Å². The summed E-state index contributed by atoms with van der Waals surface area (Å²) in [5.74, 6) is -0.482. The van der Waals surface area contributed by atoms with E-state index in [1.54, 1.807) is 6.07 Å². The summed E-state index contributed by atoms with van der Waals surface area (Å²) in [7, 11) is 0. The zero-order chi connectivity index (χ0) is 12.4. The summed E-state index contributed by atoms with van der Waals surface area (Å²) in [5, 5.41) is 0.773. The maximum Gasteiger partial charge on any atom is 0.254 e. The second kappa shape index (κ2) is 5.48. The van der Waals surface area contributed by atoms with Gasteiger partial charge in [0.05, 0.1) is 0 Å². The molecular weight excluding hydrogens is 353 g/mol. The average Bonchev–Trinajstić information content (AvgIpc) is 2.74. The molecule has 1 aliphatic heterocycles. The summed E-state index contributed by atoms with van der Waals surface area (Å²) in [5.41, 5.74) is 0.407. The van der Waals surface area contributed by atoms with Crippen molar-refractivity contribution in [2.45, 2.75) is 18.9 Å². The molecule has 2 nitrogen and oxygen atoms in total. The van der Waals surface area contributed by atoms with Crippen LogP contribution in [-0.2, 0) is 0 Å². The van der Waals surface area contributed by atoms with E-state index in [0.29, 0.717) is 10.0 Å². The molecule has 17 heavy (non-hydrogen) atoms. The molecule has 0 bridgehead atoms. The summed E-state index contributed by atoms with van der Waals surface area (Å²) >= 11 is 6.61. The van der Waals surface area contributed by atoms with E-state index >= 15 is 0 Å². The van der Waals surface area contributed by atoms with Gasteiger partial charge in [0.2, 0.25) is 0 Å². The number of benzene rings is 1. The molecule has 1 atom stereocenters. The van der Waals surface area contributed by atoms with E-state index in [1.807, 2.05) is 4.90 Å². The molecule has 2 rings (SSSR count). The lowest BCUT2D eigenvalue weighted by atomic mass is 10.2. The molecule has 5 heteroatoms. The first-order valence-corrected chi connectivity index (χ1v) is 7.36. The monoisotopic (exact) mass is 363 g/mol. The Balaban J connectivity index is 2.24. The predicted octanol–water partition coefficient (Wildman–Crippen LogP) is 3.59. The maximum absolute atomic E-state index is 13.2.